The topological polar surface area (TPSA) is 56.1 Å². The van der Waals surface area contributed by atoms with Crippen LogP contribution >= 0.6 is 11.6 Å². The molecule has 5 nitrogen and oxygen atoms in total. The highest BCUT2D eigenvalue weighted by atomic mass is 35.5. The first kappa shape index (κ1) is 15.1. The molecule has 0 spiro atoms. The molecule has 1 aromatic carbocycles. The summed E-state index contributed by atoms with van der Waals surface area (Å²) in [7, 11) is 3.34. The Kier molecular flexibility index (Phi) is 4.65. The number of anilines is 1. The molecule has 0 atom stereocenters. The van der Waals surface area contributed by atoms with Gasteiger partial charge < -0.3 is 10.1 Å². The number of carbonyl (C=O) groups is 1. The van der Waals surface area contributed by atoms with E-state index in [1.807, 2.05) is 6.92 Å². The van der Waals surface area contributed by atoms with Gasteiger partial charge in [-0.1, -0.05) is 11.6 Å². The number of nitrogens with one attached hydrogen (secondary N) is 1. The molecule has 21 heavy (non-hydrogen) atoms. The Labute approximate surface area is 128 Å². The lowest BCUT2D eigenvalue weighted by atomic mass is 10.2. The fourth-order valence-electron chi connectivity index (χ4n) is 1.90. The minimum atomic E-state index is -0.250. The quantitative estimate of drug-likeness (QED) is 0.883. The van der Waals surface area contributed by atoms with E-state index in [-0.39, 0.29) is 5.91 Å². The van der Waals surface area contributed by atoms with Crippen LogP contribution in [0.15, 0.2) is 30.3 Å². The van der Waals surface area contributed by atoms with Gasteiger partial charge in [0, 0.05) is 29.8 Å². The molecule has 1 amide bonds. The van der Waals surface area contributed by atoms with Gasteiger partial charge in [0.1, 0.15) is 11.6 Å². The summed E-state index contributed by atoms with van der Waals surface area (Å²) in [4.78, 5) is 11.9. The van der Waals surface area contributed by atoms with Crippen molar-refractivity contribution in [3.8, 4) is 5.75 Å². The second-order valence-corrected chi connectivity index (χ2v) is 4.94. The average Bonchev–Trinajstić information content (AvgIpc) is 2.74. The summed E-state index contributed by atoms with van der Waals surface area (Å²) in [6.07, 6.45) is 3.08. The van der Waals surface area contributed by atoms with Crippen molar-refractivity contribution < 1.29 is 9.53 Å². The van der Waals surface area contributed by atoms with Crippen LogP contribution in [0, 0.1) is 6.92 Å². The van der Waals surface area contributed by atoms with Crippen molar-refractivity contribution >= 4 is 29.4 Å². The minimum absolute atomic E-state index is 0.250. The van der Waals surface area contributed by atoms with Crippen LogP contribution in [0.2, 0.25) is 5.02 Å². The fourth-order valence-corrected chi connectivity index (χ4v) is 2.08. The minimum Gasteiger partial charge on any atom is -0.496 e. The maximum Gasteiger partial charge on any atom is 0.249 e. The number of methoxy groups -OCH3 is 1. The van der Waals surface area contributed by atoms with Crippen LogP contribution in [0.3, 0.4) is 0 Å². The van der Waals surface area contributed by atoms with Gasteiger partial charge in [0.25, 0.3) is 0 Å². The van der Waals surface area contributed by atoms with Crippen LogP contribution in [-0.4, -0.2) is 22.8 Å². The third-order valence-electron chi connectivity index (χ3n) is 2.86. The standard InChI is InChI=1S/C15H16ClN3O2/c1-10-8-14(19(2)18-10)17-15(20)7-4-11-9-12(16)5-6-13(11)21-3/h4-9H,1-3H3,(H,17,20)/b7-4+. The summed E-state index contributed by atoms with van der Waals surface area (Å²) < 4.78 is 6.83. The number of aromatic nitrogens is 2. The van der Waals surface area contributed by atoms with Crippen LogP contribution in [0.4, 0.5) is 5.82 Å². The van der Waals surface area contributed by atoms with Crippen LogP contribution < -0.4 is 10.1 Å². The number of aryl methyl sites for hydroxylation is 2. The Balaban J connectivity index is 2.12. The van der Waals surface area contributed by atoms with Crippen molar-refractivity contribution in [1.82, 2.24) is 9.78 Å². The molecule has 0 saturated heterocycles. The largest absolute Gasteiger partial charge is 0.496 e. The Bertz CT molecular complexity index is 692. The SMILES string of the molecule is COc1ccc(Cl)cc1/C=C/C(=O)Nc1cc(C)nn1C. The Morgan fingerprint density at radius 1 is 1.43 bits per heavy atom. The number of halogens is 1. The van der Waals surface area contributed by atoms with Crippen molar-refractivity contribution in [2.45, 2.75) is 6.92 Å². The second-order valence-electron chi connectivity index (χ2n) is 4.50. The zero-order chi connectivity index (χ0) is 15.4. The van der Waals surface area contributed by atoms with Gasteiger partial charge in [0.15, 0.2) is 0 Å². The van der Waals surface area contributed by atoms with Gasteiger partial charge in [-0.15, -0.1) is 0 Å². The van der Waals surface area contributed by atoms with E-state index in [1.165, 1.54) is 6.08 Å². The molecule has 0 radical (unpaired) electrons. The maximum absolute atomic E-state index is 11.9. The van der Waals surface area contributed by atoms with Crippen LogP contribution in [-0.2, 0) is 11.8 Å². The third-order valence-corrected chi connectivity index (χ3v) is 3.09. The van der Waals surface area contributed by atoms with Crippen LogP contribution in [0.5, 0.6) is 5.75 Å². The number of ether oxygens (including phenoxy) is 1. The molecule has 1 heterocycles. The van der Waals surface area contributed by atoms with E-state index in [9.17, 15) is 4.79 Å². The number of rotatable bonds is 4. The zero-order valence-corrected chi connectivity index (χ0v) is 12.8. The lowest BCUT2D eigenvalue weighted by Crippen LogP contribution is -2.11. The van der Waals surface area contributed by atoms with E-state index in [2.05, 4.69) is 10.4 Å². The molecule has 0 aliphatic carbocycles. The molecule has 2 aromatic rings. The molecule has 0 fully saturated rings. The average molecular weight is 306 g/mol. The summed E-state index contributed by atoms with van der Waals surface area (Å²) in [5.74, 6) is 1.04. The summed E-state index contributed by atoms with van der Waals surface area (Å²) in [6.45, 7) is 1.86. The van der Waals surface area contributed by atoms with E-state index >= 15 is 0 Å². The number of hydrogen-bond acceptors (Lipinski definition) is 3. The predicted octanol–water partition coefficient (Wildman–Crippen LogP) is 3.04. The third kappa shape index (κ3) is 3.86. The first-order valence-electron chi connectivity index (χ1n) is 6.33. The van der Waals surface area contributed by atoms with E-state index in [4.69, 9.17) is 16.3 Å². The van der Waals surface area contributed by atoms with E-state index in [0.717, 1.165) is 11.3 Å². The van der Waals surface area contributed by atoms with E-state index in [0.29, 0.717) is 16.6 Å². The molecule has 1 aromatic heterocycles. The van der Waals surface area contributed by atoms with Crippen molar-refractivity contribution in [2.75, 3.05) is 12.4 Å². The molecule has 2 rings (SSSR count). The van der Waals surface area contributed by atoms with E-state index < -0.39 is 0 Å². The normalized spacial score (nSPS) is 10.9. The lowest BCUT2D eigenvalue weighted by Gasteiger charge is -2.05. The fraction of sp³-hybridized carbons (Fsp3) is 0.200. The predicted molar refractivity (Wildman–Crippen MR) is 83.6 cm³/mol. The second kappa shape index (κ2) is 6.45. The first-order chi connectivity index (χ1) is 9.99. The lowest BCUT2D eigenvalue weighted by molar-refractivity contribution is -0.111. The van der Waals surface area contributed by atoms with E-state index in [1.54, 1.807) is 49.2 Å². The summed E-state index contributed by atoms with van der Waals surface area (Å²) >= 11 is 5.94. The molecule has 1 N–H and O–H groups in total. The van der Waals surface area contributed by atoms with Crippen molar-refractivity contribution in [2.24, 2.45) is 7.05 Å². The Hall–Kier alpha value is -2.27. The summed E-state index contributed by atoms with van der Waals surface area (Å²) in [6, 6.07) is 7.02. The number of hydrogen-bond donors (Lipinski definition) is 1. The van der Waals surface area contributed by atoms with Crippen LogP contribution in [0.25, 0.3) is 6.08 Å². The van der Waals surface area contributed by atoms with Gasteiger partial charge in [-0.3, -0.25) is 9.48 Å². The highest BCUT2D eigenvalue weighted by molar-refractivity contribution is 6.30. The first-order valence-corrected chi connectivity index (χ1v) is 6.70. The monoisotopic (exact) mass is 305 g/mol. The van der Waals surface area contributed by atoms with Crippen LogP contribution in [0.1, 0.15) is 11.3 Å². The summed E-state index contributed by atoms with van der Waals surface area (Å²) in [5, 5.41) is 7.50. The number of nitrogens with zero attached hydrogens (tertiary/aromatic N) is 2. The number of benzene rings is 1. The van der Waals surface area contributed by atoms with Gasteiger partial charge in [0.05, 0.1) is 12.8 Å². The molecule has 0 saturated carbocycles. The molecular formula is C15H16ClN3O2. The molecule has 0 bridgehead atoms. The number of carbonyl (C=O) groups excluding carboxylic acids is 1. The number of amides is 1. The molecule has 0 unspecified atom stereocenters. The molecule has 6 heteroatoms. The van der Waals surface area contributed by atoms with Gasteiger partial charge in [0.2, 0.25) is 5.91 Å². The van der Waals surface area contributed by atoms with Gasteiger partial charge in [-0.05, 0) is 31.2 Å². The molecule has 110 valence electrons. The smallest absolute Gasteiger partial charge is 0.249 e. The van der Waals surface area contributed by atoms with Crippen molar-refractivity contribution in [3.05, 3.63) is 46.6 Å². The summed E-state index contributed by atoms with van der Waals surface area (Å²) in [5.41, 5.74) is 1.58. The van der Waals surface area contributed by atoms with Gasteiger partial charge in [-0.2, -0.15) is 5.10 Å². The van der Waals surface area contributed by atoms with Crippen molar-refractivity contribution in [3.63, 3.8) is 0 Å². The van der Waals surface area contributed by atoms with Crippen molar-refractivity contribution in [1.29, 1.82) is 0 Å². The highest BCUT2D eigenvalue weighted by Gasteiger charge is 2.05. The Morgan fingerprint density at radius 2 is 2.19 bits per heavy atom. The van der Waals surface area contributed by atoms with Gasteiger partial charge >= 0.3 is 0 Å². The molecule has 0 aliphatic rings. The zero-order valence-electron chi connectivity index (χ0n) is 12.1. The Morgan fingerprint density at radius 3 is 2.81 bits per heavy atom. The van der Waals surface area contributed by atoms with Gasteiger partial charge in [-0.25, -0.2) is 0 Å². The molecule has 0 aliphatic heterocycles. The highest BCUT2D eigenvalue weighted by Crippen LogP contribution is 2.23. The maximum atomic E-state index is 11.9. The molecular weight excluding hydrogens is 290 g/mol.